The number of aromatic nitrogens is 2. The number of hydrogen-bond acceptors (Lipinski definition) is 3. The smallest absolute Gasteiger partial charge is 0.435 e. The number of halogens is 3. The second-order valence-corrected chi connectivity index (χ2v) is 5.89. The Kier molecular flexibility index (Phi) is 3.00. The van der Waals surface area contributed by atoms with Gasteiger partial charge in [-0.2, -0.15) is 18.3 Å². The second-order valence-electron chi connectivity index (χ2n) is 4.86. The van der Waals surface area contributed by atoms with Crippen molar-refractivity contribution in [3.63, 3.8) is 0 Å². The van der Waals surface area contributed by atoms with Crippen LogP contribution in [0, 0.1) is 0 Å². The van der Waals surface area contributed by atoms with Gasteiger partial charge in [-0.1, -0.05) is 12.8 Å². The van der Waals surface area contributed by atoms with E-state index in [0.29, 0.717) is 4.83 Å². The summed E-state index contributed by atoms with van der Waals surface area (Å²) in [5, 5.41) is 12.6. The van der Waals surface area contributed by atoms with E-state index in [1.165, 1.54) is 4.68 Å². The van der Waals surface area contributed by atoms with Gasteiger partial charge in [-0.05, 0) is 18.9 Å². The van der Waals surface area contributed by atoms with Gasteiger partial charge >= 0.3 is 12.1 Å². The first kappa shape index (κ1) is 13.4. The summed E-state index contributed by atoms with van der Waals surface area (Å²) in [7, 11) is 0. The standard InChI is InChI=1S/C12H11F3N2O2S/c13-12(14,15)9-7-5-8(11(18)19)20-10(7)17(16-9)6-3-1-2-4-6/h5-6H,1-4H2,(H,18,19). The quantitative estimate of drug-likeness (QED) is 0.914. The van der Waals surface area contributed by atoms with Crippen molar-refractivity contribution in [1.29, 1.82) is 0 Å². The number of nitrogens with zero attached hydrogens (tertiary/aromatic N) is 2. The molecule has 2 heterocycles. The molecule has 0 bridgehead atoms. The SMILES string of the molecule is O=C(O)c1cc2c(C(F)(F)F)nn(C3CCCC3)c2s1. The van der Waals surface area contributed by atoms with Crippen molar-refractivity contribution >= 4 is 27.5 Å². The number of hydrogen-bond donors (Lipinski definition) is 1. The Bertz CT molecular complexity index is 668. The topological polar surface area (TPSA) is 55.1 Å². The third-order valence-electron chi connectivity index (χ3n) is 3.53. The highest BCUT2D eigenvalue weighted by molar-refractivity contribution is 7.20. The number of carboxylic acids is 1. The molecule has 8 heteroatoms. The van der Waals surface area contributed by atoms with E-state index < -0.39 is 17.8 Å². The van der Waals surface area contributed by atoms with Gasteiger partial charge in [0.1, 0.15) is 9.71 Å². The molecule has 1 saturated carbocycles. The molecule has 4 nitrogen and oxygen atoms in total. The van der Waals surface area contributed by atoms with E-state index in [4.69, 9.17) is 5.11 Å². The molecule has 0 amide bonds. The summed E-state index contributed by atoms with van der Waals surface area (Å²) in [6, 6.07) is 1.01. The summed E-state index contributed by atoms with van der Waals surface area (Å²) in [5.41, 5.74) is -0.983. The molecule has 0 atom stereocenters. The van der Waals surface area contributed by atoms with Gasteiger partial charge in [0, 0.05) is 5.39 Å². The third-order valence-corrected chi connectivity index (χ3v) is 4.65. The molecule has 0 aliphatic heterocycles. The van der Waals surface area contributed by atoms with Crippen LogP contribution in [0.2, 0.25) is 0 Å². The van der Waals surface area contributed by atoms with Crippen LogP contribution in [0.5, 0.6) is 0 Å². The minimum absolute atomic E-state index is 0.0612. The summed E-state index contributed by atoms with van der Waals surface area (Å²) in [4.78, 5) is 11.2. The molecule has 1 aliphatic rings. The van der Waals surface area contributed by atoms with Gasteiger partial charge < -0.3 is 5.11 Å². The molecule has 3 rings (SSSR count). The monoisotopic (exact) mass is 304 g/mol. The molecular weight excluding hydrogens is 293 g/mol. The summed E-state index contributed by atoms with van der Waals surface area (Å²) < 4.78 is 40.4. The van der Waals surface area contributed by atoms with E-state index >= 15 is 0 Å². The number of aromatic carboxylic acids is 1. The predicted molar refractivity (Wildman–Crippen MR) is 67.1 cm³/mol. The highest BCUT2D eigenvalue weighted by Crippen LogP contribution is 2.41. The minimum Gasteiger partial charge on any atom is -0.477 e. The van der Waals surface area contributed by atoms with Crippen LogP contribution in [0.3, 0.4) is 0 Å². The highest BCUT2D eigenvalue weighted by Gasteiger charge is 2.39. The molecule has 2 aromatic heterocycles. The molecular formula is C12H11F3N2O2S. The average Bonchev–Trinajstić information content (AvgIpc) is 3.02. The highest BCUT2D eigenvalue weighted by atomic mass is 32.1. The predicted octanol–water partition coefficient (Wildman–Crippen LogP) is 3.93. The summed E-state index contributed by atoms with van der Waals surface area (Å²) in [6.07, 6.45) is -1.07. The van der Waals surface area contributed by atoms with E-state index in [2.05, 4.69) is 5.10 Å². The number of thiophene rings is 1. The lowest BCUT2D eigenvalue weighted by atomic mass is 10.2. The second kappa shape index (κ2) is 4.47. The van der Waals surface area contributed by atoms with Crippen LogP contribution in [-0.2, 0) is 6.18 Å². The van der Waals surface area contributed by atoms with E-state index in [1.807, 2.05) is 0 Å². The van der Waals surface area contributed by atoms with E-state index in [9.17, 15) is 18.0 Å². The number of carboxylic acid groups (broad SMARTS) is 1. The molecule has 0 saturated heterocycles. The zero-order chi connectivity index (χ0) is 14.5. The fourth-order valence-corrected chi connectivity index (χ4v) is 3.66. The van der Waals surface area contributed by atoms with Gasteiger partial charge in [-0.15, -0.1) is 11.3 Å². The maximum atomic E-state index is 13.0. The van der Waals surface area contributed by atoms with Gasteiger partial charge in [-0.3, -0.25) is 4.68 Å². The lowest BCUT2D eigenvalue weighted by Gasteiger charge is -2.10. The Balaban J connectivity index is 2.21. The van der Waals surface area contributed by atoms with Gasteiger partial charge in [0.2, 0.25) is 0 Å². The van der Waals surface area contributed by atoms with Gasteiger partial charge in [0.15, 0.2) is 5.69 Å². The minimum atomic E-state index is -4.57. The Morgan fingerprint density at radius 1 is 1.40 bits per heavy atom. The van der Waals surface area contributed by atoms with Crippen LogP contribution >= 0.6 is 11.3 Å². The molecule has 2 aromatic rings. The molecule has 1 fully saturated rings. The van der Waals surface area contributed by atoms with Crippen LogP contribution in [0.15, 0.2) is 6.07 Å². The summed E-state index contributed by atoms with van der Waals surface area (Å²) in [6.45, 7) is 0. The van der Waals surface area contributed by atoms with E-state index in [1.54, 1.807) is 0 Å². The molecule has 0 unspecified atom stereocenters. The van der Waals surface area contributed by atoms with Crippen LogP contribution in [-0.4, -0.2) is 20.9 Å². The third kappa shape index (κ3) is 2.07. The zero-order valence-corrected chi connectivity index (χ0v) is 11.1. The van der Waals surface area contributed by atoms with Crippen molar-refractivity contribution in [1.82, 2.24) is 9.78 Å². The molecule has 0 aromatic carbocycles. The van der Waals surface area contributed by atoms with Crippen molar-refractivity contribution in [3.05, 3.63) is 16.6 Å². The molecule has 108 valence electrons. The zero-order valence-electron chi connectivity index (χ0n) is 10.3. The van der Waals surface area contributed by atoms with Crippen LogP contribution in [0.25, 0.3) is 10.2 Å². The van der Waals surface area contributed by atoms with E-state index in [-0.39, 0.29) is 16.3 Å². The Morgan fingerprint density at radius 3 is 2.60 bits per heavy atom. The number of carbonyl (C=O) groups is 1. The fourth-order valence-electron chi connectivity index (χ4n) is 2.64. The normalized spacial score (nSPS) is 17.1. The molecule has 1 aliphatic carbocycles. The number of alkyl halides is 3. The Morgan fingerprint density at radius 2 is 2.05 bits per heavy atom. The maximum absolute atomic E-state index is 13.0. The summed E-state index contributed by atoms with van der Waals surface area (Å²) >= 11 is 0.857. The molecule has 1 N–H and O–H groups in total. The molecule has 0 spiro atoms. The Labute approximate surface area is 115 Å². The largest absolute Gasteiger partial charge is 0.477 e. The van der Waals surface area contributed by atoms with Crippen molar-refractivity contribution in [2.75, 3.05) is 0 Å². The van der Waals surface area contributed by atoms with E-state index in [0.717, 1.165) is 43.1 Å². The number of fused-ring (bicyclic) bond motifs is 1. The number of rotatable bonds is 2. The van der Waals surface area contributed by atoms with Crippen molar-refractivity contribution in [2.45, 2.75) is 37.9 Å². The first-order valence-corrected chi connectivity index (χ1v) is 7.02. The summed E-state index contributed by atoms with van der Waals surface area (Å²) in [5.74, 6) is -1.21. The maximum Gasteiger partial charge on any atom is 0.435 e. The van der Waals surface area contributed by atoms with Gasteiger partial charge in [0.05, 0.1) is 6.04 Å². The first-order valence-electron chi connectivity index (χ1n) is 6.20. The average molecular weight is 304 g/mol. The van der Waals surface area contributed by atoms with Gasteiger partial charge in [-0.25, -0.2) is 4.79 Å². The van der Waals surface area contributed by atoms with Crippen LogP contribution in [0.4, 0.5) is 13.2 Å². The molecule has 0 radical (unpaired) electrons. The fraction of sp³-hybridized carbons (Fsp3) is 0.500. The lowest BCUT2D eigenvalue weighted by Crippen LogP contribution is -2.11. The van der Waals surface area contributed by atoms with Crippen molar-refractivity contribution in [3.8, 4) is 0 Å². The van der Waals surface area contributed by atoms with Gasteiger partial charge in [0.25, 0.3) is 0 Å². The first-order chi connectivity index (χ1) is 9.38. The van der Waals surface area contributed by atoms with Crippen molar-refractivity contribution < 1.29 is 23.1 Å². The lowest BCUT2D eigenvalue weighted by molar-refractivity contribution is -0.140. The van der Waals surface area contributed by atoms with Crippen LogP contribution < -0.4 is 0 Å². The molecule has 20 heavy (non-hydrogen) atoms. The van der Waals surface area contributed by atoms with Crippen molar-refractivity contribution in [2.24, 2.45) is 0 Å². The van der Waals surface area contributed by atoms with Crippen LogP contribution in [0.1, 0.15) is 47.1 Å². The Hall–Kier alpha value is -1.57.